The fourth-order valence-corrected chi connectivity index (χ4v) is 3.97. The van der Waals surface area contributed by atoms with E-state index < -0.39 is 0 Å². The first-order valence-corrected chi connectivity index (χ1v) is 10.4. The van der Waals surface area contributed by atoms with Gasteiger partial charge in [0.25, 0.3) is 0 Å². The lowest BCUT2D eigenvalue weighted by molar-refractivity contribution is 0.387. The summed E-state index contributed by atoms with van der Waals surface area (Å²) in [6, 6.07) is 6.27. The molecule has 0 unspecified atom stereocenters. The van der Waals surface area contributed by atoms with Crippen LogP contribution in [0, 0.1) is 6.92 Å². The molecule has 4 rings (SSSR count). The molecule has 0 bridgehead atoms. The normalized spacial score (nSPS) is 13.4. The van der Waals surface area contributed by atoms with Crippen LogP contribution in [-0.2, 0) is 6.54 Å². The van der Waals surface area contributed by atoms with Gasteiger partial charge in [-0.25, -0.2) is 0 Å². The summed E-state index contributed by atoms with van der Waals surface area (Å²) in [4.78, 5) is 12.5. The predicted molar refractivity (Wildman–Crippen MR) is 121 cm³/mol. The fourth-order valence-electron chi connectivity index (χ4n) is 3.97. The van der Waals surface area contributed by atoms with Crippen LogP contribution in [0.2, 0.25) is 0 Å². The number of hydrogen-bond acceptors (Lipinski definition) is 4. The molecule has 0 radical (unpaired) electrons. The van der Waals surface area contributed by atoms with Crippen LogP contribution in [0.25, 0.3) is 22.4 Å². The molecule has 3 heterocycles. The van der Waals surface area contributed by atoms with Gasteiger partial charge < -0.3 is 9.75 Å². The summed E-state index contributed by atoms with van der Waals surface area (Å²) in [7, 11) is 1.69. The molecule has 0 saturated carbocycles. The highest BCUT2D eigenvalue weighted by Crippen LogP contribution is 2.40. The molecule has 2 aromatic heterocycles. The summed E-state index contributed by atoms with van der Waals surface area (Å²) < 4.78 is 9.83. The van der Waals surface area contributed by atoms with E-state index in [-0.39, 0.29) is 11.0 Å². The van der Waals surface area contributed by atoms with Crippen molar-refractivity contribution >= 4 is 0 Å². The number of pyridine rings is 1. The van der Waals surface area contributed by atoms with Crippen molar-refractivity contribution in [3.8, 4) is 28.1 Å². The van der Waals surface area contributed by atoms with Gasteiger partial charge in [0.2, 0.25) is 0 Å². The molecule has 0 N–H and O–H groups in total. The molecule has 1 aromatic carbocycles. The van der Waals surface area contributed by atoms with Crippen molar-refractivity contribution < 1.29 is 4.74 Å². The molecule has 3 aromatic rings. The maximum atomic E-state index is 12.5. The zero-order valence-corrected chi connectivity index (χ0v) is 18.9. The van der Waals surface area contributed by atoms with Gasteiger partial charge in [0.15, 0.2) is 5.43 Å². The second-order valence-corrected chi connectivity index (χ2v) is 9.29. The third-order valence-electron chi connectivity index (χ3n) is 5.72. The number of hydrogen-bond donors (Lipinski definition) is 0. The second kappa shape index (κ2) is 7.04. The van der Waals surface area contributed by atoms with Crippen molar-refractivity contribution in [1.29, 1.82) is 0 Å². The Morgan fingerprint density at radius 2 is 1.83 bits per heavy atom. The third kappa shape index (κ3) is 3.30. The Labute approximate surface area is 177 Å². The summed E-state index contributed by atoms with van der Waals surface area (Å²) in [5.74, 6) is 0.779. The SMILES string of the molecule is COc1cc2c(cc1-c1cnn(C(C)C)c1)CN(C(C)(C)C)n1cc(C)c(=O)cc1-2. The average Bonchev–Trinajstić information content (AvgIpc) is 3.17. The maximum Gasteiger partial charge on any atom is 0.185 e. The highest BCUT2D eigenvalue weighted by Gasteiger charge is 2.30. The summed E-state index contributed by atoms with van der Waals surface area (Å²) in [6.45, 7) is 13.4. The smallest absolute Gasteiger partial charge is 0.185 e. The standard InChI is InChI=1S/C24H30N4O2/c1-15(2)26-13-18(11-25-26)20-8-17-14-28(24(4,5)6)27-12-16(3)22(29)10-21(27)19(17)9-23(20)30-7/h8-13,15H,14H2,1-7H3. The highest BCUT2D eigenvalue weighted by molar-refractivity contribution is 5.78. The Balaban J connectivity index is 1.95. The van der Waals surface area contributed by atoms with Crippen molar-refractivity contribution in [3.05, 3.63) is 58.1 Å². The molecule has 6 nitrogen and oxygen atoms in total. The number of nitrogens with zero attached hydrogens (tertiary/aromatic N) is 4. The van der Waals surface area contributed by atoms with Crippen molar-refractivity contribution in [3.63, 3.8) is 0 Å². The minimum absolute atomic E-state index is 0.0456. The van der Waals surface area contributed by atoms with Crippen molar-refractivity contribution in [1.82, 2.24) is 14.5 Å². The molecular formula is C24H30N4O2. The summed E-state index contributed by atoms with van der Waals surface area (Å²) in [5, 5.41) is 6.79. The first kappa shape index (κ1) is 20.3. The van der Waals surface area contributed by atoms with E-state index in [9.17, 15) is 4.79 Å². The third-order valence-corrected chi connectivity index (χ3v) is 5.72. The molecular weight excluding hydrogens is 376 g/mol. The molecule has 30 heavy (non-hydrogen) atoms. The number of aryl methyl sites for hydroxylation is 1. The largest absolute Gasteiger partial charge is 0.496 e. The Hall–Kier alpha value is -3.02. The van der Waals surface area contributed by atoms with Gasteiger partial charge in [0.05, 0.1) is 25.5 Å². The van der Waals surface area contributed by atoms with E-state index in [0.717, 1.165) is 40.2 Å². The van der Waals surface area contributed by atoms with Crippen LogP contribution in [0.5, 0.6) is 5.75 Å². The van der Waals surface area contributed by atoms with Gasteiger partial charge in [-0.15, -0.1) is 0 Å². The van der Waals surface area contributed by atoms with Gasteiger partial charge in [0.1, 0.15) is 5.75 Å². The van der Waals surface area contributed by atoms with Crippen LogP contribution >= 0.6 is 0 Å². The van der Waals surface area contributed by atoms with E-state index in [4.69, 9.17) is 4.74 Å². The van der Waals surface area contributed by atoms with Crippen LogP contribution in [0.1, 0.15) is 51.8 Å². The molecule has 0 saturated heterocycles. The monoisotopic (exact) mass is 406 g/mol. The highest BCUT2D eigenvalue weighted by atomic mass is 16.5. The lowest BCUT2D eigenvalue weighted by Crippen LogP contribution is -2.51. The molecule has 0 amide bonds. The lowest BCUT2D eigenvalue weighted by Gasteiger charge is -2.44. The van der Waals surface area contributed by atoms with Gasteiger partial charge in [0, 0.05) is 52.3 Å². The first-order chi connectivity index (χ1) is 14.1. The summed E-state index contributed by atoms with van der Waals surface area (Å²) in [6.07, 6.45) is 5.89. The Bertz CT molecular complexity index is 1160. The number of aromatic nitrogens is 3. The Morgan fingerprint density at radius 1 is 1.10 bits per heavy atom. The van der Waals surface area contributed by atoms with Gasteiger partial charge in [-0.2, -0.15) is 5.10 Å². The first-order valence-electron chi connectivity index (χ1n) is 10.4. The van der Waals surface area contributed by atoms with E-state index in [1.54, 1.807) is 13.2 Å². The minimum Gasteiger partial charge on any atom is -0.496 e. The number of benzene rings is 1. The van der Waals surface area contributed by atoms with Crippen LogP contribution < -0.4 is 15.2 Å². The molecule has 1 aliphatic rings. The van der Waals surface area contributed by atoms with E-state index in [1.807, 2.05) is 24.0 Å². The van der Waals surface area contributed by atoms with E-state index >= 15 is 0 Å². The second-order valence-electron chi connectivity index (χ2n) is 9.29. The molecule has 6 heteroatoms. The molecule has 1 aliphatic heterocycles. The summed E-state index contributed by atoms with van der Waals surface area (Å²) >= 11 is 0. The zero-order valence-electron chi connectivity index (χ0n) is 18.9. The van der Waals surface area contributed by atoms with Crippen LogP contribution in [0.15, 0.2) is 41.6 Å². The zero-order chi connectivity index (χ0) is 21.8. The maximum absolute atomic E-state index is 12.5. The van der Waals surface area contributed by atoms with Crippen molar-refractivity contribution in [2.75, 3.05) is 12.1 Å². The van der Waals surface area contributed by atoms with E-state index in [1.165, 1.54) is 5.56 Å². The van der Waals surface area contributed by atoms with Gasteiger partial charge in [-0.1, -0.05) is 0 Å². The summed E-state index contributed by atoms with van der Waals surface area (Å²) in [5.41, 5.74) is 5.80. The number of rotatable bonds is 3. The minimum atomic E-state index is -0.115. The number of ether oxygens (including phenoxy) is 1. The van der Waals surface area contributed by atoms with Crippen molar-refractivity contribution in [2.24, 2.45) is 0 Å². The van der Waals surface area contributed by atoms with Crippen molar-refractivity contribution in [2.45, 2.75) is 59.7 Å². The van der Waals surface area contributed by atoms with Crippen LogP contribution in [0.3, 0.4) is 0 Å². The van der Waals surface area contributed by atoms with Crippen LogP contribution in [-0.4, -0.2) is 27.1 Å². The van der Waals surface area contributed by atoms with E-state index in [0.29, 0.717) is 6.04 Å². The molecule has 0 spiro atoms. The molecule has 0 fully saturated rings. The van der Waals surface area contributed by atoms with Gasteiger partial charge >= 0.3 is 0 Å². The fraction of sp³-hybridized carbons (Fsp3) is 0.417. The topological polar surface area (TPSA) is 52.3 Å². The van der Waals surface area contributed by atoms with Gasteiger partial charge in [-0.3, -0.25) is 14.2 Å². The van der Waals surface area contributed by atoms with Gasteiger partial charge in [-0.05, 0) is 59.2 Å². The van der Waals surface area contributed by atoms with Crippen LogP contribution in [0.4, 0.5) is 0 Å². The quantitative estimate of drug-likeness (QED) is 0.641. The molecule has 0 atom stereocenters. The van der Waals surface area contributed by atoms with E-state index in [2.05, 4.69) is 67.7 Å². The number of methoxy groups -OCH3 is 1. The Morgan fingerprint density at radius 3 is 2.43 bits per heavy atom. The molecule has 0 aliphatic carbocycles. The molecule has 158 valence electrons. The Kier molecular flexibility index (Phi) is 4.76. The lowest BCUT2D eigenvalue weighted by atomic mass is 9.94. The number of fused-ring (bicyclic) bond motifs is 3. The predicted octanol–water partition coefficient (Wildman–Crippen LogP) is 4.53. The average molecular weight is 407 g/mol.